The number of benzene rings is 1. The lowest BCUT2D eigenvalue weighted by Crippen LogP contribution is -2.45. The molecule has 1 saturated heterocycles. The molecule has 142 valence electrons. The number of carbonyl (C=O) groups excluding carboxylic acids is 3. The molecule has 6 nitrogen and oxygen atoms in total. The van der Waals surface area contributed by atoms with Crippen LogP contribution in [0.15, 0.2) is 42.5 Å². The summed E-state index contributed by atoms with van der Waals surface area (Å²) in [5, 5.41) is 2.78. The summed E-state index contributed by atoms with van der Waals surface area (Å²) in [7, 11) is 1.64. The molecule has 1 aromatic heterocycles. The first-order chi connectivity index (χ1) is 12.9. The lowest BCUT2D eigenvalue weighted by molar-refractivity contribution is -0.138. The van der Waals surface area contributed by atoms with Gasteiger partial charge in [0.15, 0.2) is 0 Å². The van der Waals surface area contributed by atoms with Crippen molar-refractivity contribution in [2.24, 2.45) is 0 Å². The highest BCUT2D eigenvalue weighted by atomic mass is 35.5. The fourth-order valence-corrected chi connectivity index (χ4v) is 4.29. The Hall–Kier alpha value is -2.38. The Morgan fingerprint density at radius 2 is 1.93 bits per heavy atom. The Kier molecular flexibility index (Phi) is 5.53. The van der Waals surface area contributed by atoms with Crippen molar-refractivity contribution in [3.05, 3.63) is 57.2 Å². The van der Waals surface area contributed by atoms with Gasteiger partial charge >= 0.3 is 6.03 Å². The van der Waals surface area contributed by atoms with Crippen molar-refractivity contribution >= 4 is 40.8 Å². The van der Waals surface area contributed by atoms with E-state index in [1.165, 1.54) is 16.2 Å². The van der Waals surface area contributed by atoms with E-state index in [4.69, 9.17) is 11.6 Å². The second-order valence-corrected chi connectivity index (χ2v) is 8.20. The van der Waals surface area contributed by atoms with E-state index in [1.54, 1.807) is 25.2 Å². The van der Waals surface area contributed by atoms with Crippen molar-refractivity contribution in [3.63, 3.8) is 0 Å². The van der Waals surface area contributed by atoms with Crippen molar-refractivity contribution in [2.45, 2.75) is 25.4 Å². The van der Waals surface area contributed by atoms with E-state index in [0.29, 0.717) is 22.9 Å². The van der Waals surface area contributed by atoms with Crippen LogP contribution in [0.5, 0.6) is 0 Å². The molecular formula is C19H20ClN3O3S. The maximum atomic E-state index is 13.0. The maximum absolute atomic E-state index is 13.0. The third kappa shape index (κ3) is 3.70. The van der Waals surface area contributed by atoms with Crippen LogP contribution < -0.4 is 5.32 Å². The number of imide groups is 1. The van der Waals surface area contributed by atoms with Crippen LogP contribution in [0.25, 0.3) is 0 Å². The van der Waals surface area contributed by atoms with Crippen molar-refractivity contribution in [2.75, 3.05) is 13.6 Å². The first-order valence-electron chi connectivity index (χ1n) is 8.55. The quantitative estimate of drug-likeness (QED) is 0.750. The Morgan fingerprint density at radius 3 is 2.52 bits per heavy atom. The Bertz CT molecular complexity index is 870. The minimum atomic E-state index is -1.13. The first kappa shape index (κ1) is 19.4. The van der Waals surface area contributed by atoms with Crippen LogP contribution in [-0.4, -0.2) is 41.2 Å². The van der Waals surface area contributed by atoms with E-state index in [2.05, 4.69) is 5.32 Å². The van der Waals surface area contributed by atoms with Crippen LogP contribution >= 0.6 is 22.9 Å². The van der Waals surface area contributed by atoms with Gasteiger partial charge in [-0.3, -0.25) is 14.5 Å². The normalized spacial score (nSPS) is 19.3. The van der Waals surface area contributed by atoms with Crippen molar-refractivity contribution in [3.8, 4) is 0 Å². The molecule has 1 aliphatic rings. The fourth-order valence-electron chi connectivity index (χ4n) is 3.15. The second kappa shape index (κ2) is 7.70. The summed E-state index contributed by atoms with van der Waals surface area (Å²) in [5.74, 6) is -0.717. The summed E-state index contributed by atoms with van der Waals surface area (Å²) in [4.78, 5) is 41.5. The van der Waals surface area contributed by atoms with E-state index in [9.17, 15) is 14.4 Å². The van der Waals surface area contributed by atoms with E-state index >= 15 is 0 Å². The molecule has 0 saturated carbocycles. The van der Waals surface area contributed by atoms with Gasteiger partial charge in [-0.15, -0.1) is 11.3 Å². The molecule has 1 aromatic carbocycles. The van der Waals surface area contributed by atoms with Crippen LogP contribution in [0.3, 0.4) is 0 Å². The first-order valence-corrected chi connectivity index (χ1v) is 9.74. The van der Waals surface area contributed by atoms with Gasteiger partial charge < -0.3 is 10.2 Å². The highest BCUT2D eigenvalue weighted by molar-refractivity contribution is 7.16. The number of rotatable bonds is 6. The van der Waals surface area contributed by atoms with E-state index in [-0.39, 0.29) is 12.5 Å². The zero-order chi connectivity index (χ0) is 19.6. The van der Waals surface area contributed by atoms with Crippen LogP contribution in [0.4, 0.5) is 4.79 Å². The molecule has 3 rings (SSSR count). The fraction of sp³-hybridized carbons (Fsp3) is 0.316. The van der Waals surface area contributed by atoms with Crippen LogP contribution in [0.2, 0.25) is 4.34 Å². The molecule has 27 heavy (non-hydrogen) atoms. The van der Waals surface area contributed by atoms with Crippen LogP contribution in [0, 0.1) is 0 Å². The summed E-state index contributed by atoms with van der Waals surface area (Å²) in [6.45, 7) is 1.91. The SMILES string of the molecule is CC[C@@]1(c2ccccc2)NC(=O)N(CC(=O)N(C)Cc2ccc(Cl)s2)C1=O. The van der Waals surface area contributed by atoms with Crippen molar-refractivity contribution < 1.29 is 14.4 Å². The smallest absolute Gasteiger partial charge is 0.325 e. The summed E-state index contributed by atoms with van der Waals surface area (Å²) in [6, 6.07) is 12.2. The Labute approximate surface area is 166 Å². The topological polar surface area (TPSA) is 69.7 Å². The Morgan fingerprint density at radius 1 is 1.22 bits per heavy atom. The molecule has 1 fully saturated rings. The summed E-state index contributed by atoms with van der Waals surface area (Å²) in [5.41, 5.74) is -0.416. The number of carbonyl (C=O) groups is 3. The monoisotopic (exact) mass is 405 g/mol. The number of halogens is 1. The van der Waals surface area contributed by atoms with Gasteiger partial charge in [-0.05, 0) is 24.1 Å². The molecule has 2 aromatic rings. The van der Waals surface area contributed by atoms with E-state index in [0.717, 1.165) is 9.78 Å². The van der Waals surface area contributed by atoms with Gasteiger partial charge in [0.25, 0.3) is 5.91 Å². The van der Waals surface area contributed by atoms with E-state index in [1.807, 2.05) is 31.2 Å². The molecule has 1 atom stereocenters. The minimum absolute atomic E-state index is 0.297. The molecular weight excluding hydrogens is 386 g/mol. The molecule has 8 heteroatoms. The zero-order valence-electron chi connectivity index (χ0n) is 15.1. The summed E-state index contributed by atoms with van der Waals surface area (Å²) >= 11 is 7.30. The number of hydrogen-bond acceptors (Lipinski definition) is 4. The molecule has 4 amide bonds. The highest BCUT2D eigenvalue weighted by Gasteiger charge is 2.51. The predicted molar refractivity (Wildman–Crippen MR) is 104 cm³/mol. The average Bonchev–Trinajstić information content (AvgIpc) is 3.18. The van der Waals surface area contributed by atoms with Gasteiger partial charge in [-0.25, -0.2) is 4.79 Å². The van der Waals surface area contributed by atoms with Crippen molar-refractivity contribution in [1.82, 2.24) is 15.1 Å². The van der Waals surface area contributed by atoms with Gasteiger partial charge in [0.1, 0.15) is 12.1 Å². The Balaban J connectivity index is 1.74. The largest absolute Gasteiger partial charge is 0.339 e. The lowest BCUT2D eigenvalue weighted by atomic mass is 9.87. The lowest BCUT2D eigenvalue weighted by Gasteiger charge is -2.26. The van der Waals surface area contributed by atoms with Crippen LogP contribution in [0.1, 0.15) is 23.8 Å². The number of hydrogen-bond donors (Lipinski definition) is 1. The highest BCUT2D eigenvalue weighted by Crippen LogP contribution is 2.32. The van der Waals surface area contributed by atoms with Crippen LogP contribution in [-0.2, 0) is 21.7 Å². The molecule has 0 bridgehead atoms. The number of urea groups is 1. The van der Waals surface area contributed by atoms with Gasteiger partial charge in [-0.2, -0.15) is 0 Å². The average molecular weight is 406 g/mol. The predicted octanol–water partition coefficient (Wildman–Crippen LogP) is 3.22. The summed E-state index contributed by atoms with van der Waals surface area (Å²) < 4.78 is 0.649. The third-order valence-corrected chi connectivity index (χ3v) is 5.93. The van der Waals surface area contributed by atoms with Gasteiger partial charge in [-0.1, -0.05) is 48.9 Å². The molecule has 2 heterocycles. The number of amides is 4. The molecule has 0 spiro atoms. The number of nitrogens with one attached hydrogen (secondary N) is 1. The summed E-state index contributed by atoms with van der Waals surface area (Å²) in [6.07, 6.45) is 0.399. The molecule has 1 N–H and O–H groups in total. The van der Waals surface area contributed by atoms with Gasteiger partial charge in [0.05, 0.1) is 10.9 Å². The van der Waals surface area contributed by atoms with Gasteiger partial charge in [0.2, 0.25) is 5.91 Å². The molecule has 0 radical (unpaired) electrons. The minimum Gasteiger partial charge on any atom is -0.339 e. The molecule has 0 aliphatic carbocycles. The number of thiophene rings is 1. The number of nitrogens with zero attached hydrogens (tertiary/aromatic N) is 2. The zero-order valence-corrected chi connectivity index (χ0v) is 16.6. The van der Waals surface area contributed by atoms with E-state index < -0.39 is 17.5 Å². The standard InChI is InChI=1S/C19H20ClN3O3S/c1-3-19(13-7-5-4-6-8-13)17(25)23(18(26)21-19)12-16(24)22(2)11-14-9-10-15(20)27-14/h4-10H,3,11-12H2,1-2H3,(H,21,26)/t19-/m0/s1. The third-order valence-electron chi connectivity index (χ3n) is 4.71. The van der Waals surface area contributed by atoms with Crippen molar-refractivity contribution in [1.29, 1.82) is 0 Å². The molecule has 1 aliphatic heterocycles. The van der Waals surface area contributed by atoms with Gasteiger partial charge in [0, 0.05) is 11.9 Å². The second-order valence-electron chi connectivity index (χ2n) is 6.40. The molecule has 0 unspecified atom stereocenters. The number of likely N-dealkylation sites (N-methyl/N-ethyl adjacent to an activating group) is 1. The maximum Gasteiger partial charge on any atom is 0.325 e.